The van der Waals surface area contributed by atoms with E-state index in [1.54, 1.807) is 56.3 Å². The molecule has 2 aromatic rings. The number of thiocarbonyl (C=S) groups is 1. The van der Waals surface area contributed by atoms with Crippen LogP contribution in [0.4, 0.5) is 5.69 Å². The zero-order chi connectivity index (χ0) is 22.5. The van der Waals surface area contributed by atoms with Crippen LogP contribution in [-0.2, 0) is 19.1 Å². The maximum atomic E-state index is 13.0. The Morgan fingerprint density at radius 1 is 1.19 bits per heavy atom. The van der Waals surface area contributed by atoms with Crippen LogP contribution in [-0.4, -0.2) is 35.6 Å². The molecule has 0 unspecified atom stereocenters. The molecule has 0 saturated carbocycles. The number of esters is 1. The Morgan fingerprint density at radius 2 is 1.90 bits per heavy atom. The van der Waals surface area contributed by atoms with Gasteiger partial charge in [-0.2, -0.15) is 0 Å². The lowest BCUT2D eigenvalue weighted by Gasteiger charge is -2.29. The molecular weight excluding hydrogens is 484 g/mol. The Kier molecular flexibility index (Phi) is 7.19. The molecular formula is C22H19BrN2O5S. The second-order valence-electron chi connectivity index (χ2n) is 6.83. The molecule has 7 nitrogen and oxygen atoms in total. The molecule has 1 aliphatic rings. The van der Waals surface area contributed by atoms with Crippen molar-refractivity contribution in [2.75, 3.05) is 11.5 Å². The number of carbonyl (C=O) groups excluding carboxylic acids is 3. The molecule has 0 aliphatic carbocycles. The summed E-state index contributed by atoms with van der Waals surface area (Å²) in [7, 11) is 0. The fraction of sp³-hybridized carbons (Fsp3) is 0.182. The number of halogens is 1. The zero-order valence-corrected chi connectivity index (χ0v) is 19.2. The predicted molar refractivity (Wildman–Crippen MR) is 124 cm³/mol. The third-order valence-electron chi connectivity index (χ3n) is 4.08. The van der Waals surface area contributed by atoms with Gasteiger partial charge in [0.25, 0.3) is 11.8 Å². The zero-order valence-electron chi connectivity index (χ0n) is 16.8. The summed E-state index contributed by atoms with van der Waals surface area (Å²) >= 11 is 8.56. The van der Waals surface area contributed by atoms with Crippen molar-refractivity contribution in [3.8, 4) is 5.75 Å². The first-order chi connectivity index (χ1) is 14.7. The monoisotopic (exact) mass is 502 g/mol. The van der Waals surface area contributed by atoms with E-state index in [2.05, 4.69) is 21.2 Å². The highest BCUT2D eigenvalue weighted by atomic mass is 79.9. The number of nitrogens with one attached hydrogen (secondary N) is 1. The third-order valence-corrected chi connectivity index (χ3v) is 4.86. The van der Waals surface area contributed by atoms with E-state index in [0.717, 1.165) is 4.47 Å². The van der Waals surface area contributed by atoms with E-state index >= 15 is 0 Å². The molecule has 1 aliphatic heterocycles. The average molecular weight is 503 g/mol. The summed E-state index contributed by atoms with van der Waals surface area (Å²) in [5.74, 6) is -1.10. The minimum atomic E-state index is -0.571. The van der Waals surface area contributed by atoms with E-state index in [-0.39, 0.29) is 23.4 Å². The van der Waals surface area contributed by atoms with Gasteiger partial charge < -0.3 is 9.47 Å². The Balaban J connectivity index is 1.77. The summed E-state index contributed by atoms with van der Waals surface area (Å²) in [4.78, 5) is 38.2. The Morgan fingerprint density at radius 3 is 2.55 bits per heavy atom. The van der Waals surface area contributed by atoms with E-state index in [1.807, 2.05) is 6.07 Å². The van der Waals surface area contributed by atoms with Gasteiger partial charge in [-0.15, -0.1) is 0 Å². The Hall–Kier alpha value is -3.04. The van der Waals surface area contributed by atoms with Gasteiger partial charge >= 0.3 is 5.97 Å². The van der Waals surface area contributed by atoms with Gasteiger partial charge in [0, 0.05) is 4.47 Å². The number of carbonyl (C=O) groups is 3. The number of ether oxygens (including phenoxy) is 2. The molecule has 2 aromatic carbocycles. The molecule has 31 heavy (non-hydrogen) atoms. The van der Waals surface area contributed by atoms with Crippen LogP contribution >= 0.6 is 28.1 Å². The molecule has 1 fully saturated rings. The largest absolute Gasteiger partial charge is 0.482 e. The van der Waals surface area contributed by atoms with Crippen molar-refractivity contribution < 1.29 is 23.9 Å². The minimum absolute atomic E-state index is 0.0160. The van der Waals surface area contributed by atoms with Crippen molar-refractivity contribution in [3.05, 3.63) is 64.1 Å². The van der Waals surface area contributed by atoms with Gasteiger partial charge in [0.15, 0.2) is 11.7 Å². The number of anilines is 1. The first-order valence-corrected chi connectivity index (χ1v) is 10.5. The maximum Gasteiger partial charge on any atom is 0.344 e. The highest BCUT2D eigenvalue weighted by Gasteiger charge is 2.34. The predicted octanol–water partition coefficient (Wildman–Crippen LogP) is 3.61. The van der Waals surface area contributed by atoms with E-state index in [0.29, 0.717) is 17.0 Å². The smallest absolute Gasteiger partial charge is 0.344 e. The van der Waals surface area contributed by atoms with Gasteiger partial charge in [-0.05, 0) is 68.0 Å². The summed E-state index contributed by atoms with van der Waals surface area (Å²) in [5.41, 5.74) is 1.09. The summed E-state index contributed by atoms with van der Waals surface area (Å²) in [6.45, 7) is 3.30. The van der Waals surface area contributed by atoms with Crippen LogP contribution < -0.4 is 15.0 Å². The van der Waals surface area contributed by atoms with Crippen LogP contribution in [0.25, 0.3) is 6.08 Å². The van der Waals surface area contributed by atoms with Crippen molar-refractivity contribution in [3.63, 3.8) is 0 Å². The number of amides is 2. The molecule has 0 atom stereocenters. The lowest BCUT2D eigenvalue weighted by molar-refractivity contribution is -0.149. The molecule has 160 valence electrons. The molecule has 3 rings (SSSR count). The van der Waals surface area contributed by atoms with Crippen molar-refractivity contribution in [2.45, 2.75) is 20.0 Å². The number of nitrogens with zero attached hydrogens (tertiary/aromatic N) is 1. The lowest BCUT2D eigenvalue weighted by Crippen LogP contribution is -2.54. The quantitative estimate of drug-likeness (QED) is 0.281. The molecule has 1 heterocycles. The van der Waals surface area contributed by atoms with Crippen LogP contribution in [0.15, 0.2) is 58.6 Å². The van der Waals surface area contributed by atoms with E-state index in [4.69, 9.17) is 21.7 Å². The fourth-order valence-corrected chi connectivity index (χ4v) is 3.44. The summed E-state index contributed by atoms with van der Waals surface area (Å²) in [5, 5.41) is 2.56. The van der Waals surface area contributed by atoms with Crippen LogP contribution in [0.3, 0.4) is 0 Å². The summed E-state index contributed by atoms with van der Waals surface area (Å²) in [6.07, 6.45) is 1.26. The highest BCUT2D eigenvalue weighted by molar-refractivity contribution is 9.10. The van der Waals surface area contributed by atoms with Crippen LogP contribution in [0.5, 0.6) is 5.75 Å². The number of rotatable bonds is 6. The number of benzene rings is 2. The van der Waals surface area contributed by atoms with Gasteiger partial charge in [-0.3, -0.25) is 19.8 Å². The summed E-state index contributed by atoms with van der Waals surface area (Å²) in [6, 6.07) is 13.7. The van der Waals surface area contributed by atoms with Crippen LogP contribution in [0, 0.1) is 0 Å². The van der Waals surface area contributed by atoms with Crippen molar-refractivity contribution in [1.82, 2.24) is 5.32 Å². The number of hydrogen-bond acceptors (Lipinski definition) is 6. The molecule has 2 amide bonds. The first-order valence-electron chi connectivity index (χ1n) is 9.34. The van der Waals surface area contributed by atoms with Gasteiger partial charge in [0.2, 0.25) is 0 Å². The van der Waals surface area contributed by atoms with Crippen molar-refractivity contribution in [1.29, 1.82) is 0 Å². The molecule has 9 heteroatoms. The minimum Gasteiger partial charge on any atom is -0.482 e. The second-order valence-corrected chi connectivity index (χ2v) is 8.14. The second kappa shape index (κ2) is 9.84. The molecule has 1 saturated heterocycles. The number of hydrogen-bond donors (Lipinski definition) is 1. The Bertz CT molecular complexity index is 1070. The van der Waals surface area contributed by atoms with Gasteiger partial charge in [0.1, 0.15) is 11.3 Å². The standard InChI is InChI=1S/C22H19BrN2O5S/c1-13(2)30-19(26)12-29-17-8-6-14(7-9-17)10-18-20(27)24-22(31)25(21(18)28)16-5-3-4-15(23)11-16/h3-11,13H,12H2,1-2H3,(H,24,27,31)/b18-10+. The molecule has 0 radical (unpaired) electrons. The Labute approximate surface area is 193 Å². The van der Waals surface area contributed by atoms with Gasteiger partial charge in [-0.1, -0.05) is 34.1 Å². The van der Waals surface area contributed by atoms with Gasteiger partial charge in [-0.25, -0.2) is 4.79 Å². The third kappa shape index (κ3) is 5.77. The molecule has 0 spiro atoms. The SMILES string of the molecule is CC(C)OC(=O)COc1ccc(/C=C2\C(=O)NC(=S)N(c3cccc(Br)c3)C2=O)cc1. The summed E-state index contributed by atoms with van der Waals surface area (Å²) < 4.78 is 11.2. The molecule has 1 N–H and O–H groups in total. The normalized spacial score (nSPS) is 15.3. The maximum absolute atomic E-state index is 13.0. The van der Waals surface area contributed by atoms with Gasteiger partial charge in [0.05, 0.1) is 11.8 Å². The van der Waals surface area contributed by atoms with E-state index < -0.39 is 17.8 Å². The van der Waals surface area contributed by atoms with Crippen LogP contribution in [0.1, 0.15) is 19.4 Å². The topological polar surface area (TPSA) is 84.9 Å². The van der Waals surface area contributed by atoms with E-state index in [1.165, 1.54) is 11.0 Å². The van der Waals surface area contributed by atoms with Crippen molar-refractivity contribution in [2.24, 2.45) is 0 Å². The average Bonchev–Trinajstić information content (AvgIpc) is 2.70. The van der Waals surface area contributed by atoms with E-state index in [9.17, 15) is 14.4 Å². The lowest BCUT2D eigenvalue weighted by atomic mass is 10.1. The highest BCUT2D eigenvalue weighted by Crippen LogP contribution is 2.25. The molecule has 0 aromatic heterocycles. The molecule has 0 bridgehead atoms. The van der Waals surface area contributed by atoms with Crippen molar-refractivity contribution >= 4 is 62.8 Å². The van der Waals surface area contributed by atoms with Crippen LogP contribution in [0.2, 0.25) is 0 Å². The first kappa shape index (κ1) is 22.6. The fourth-order valence-electron chi connectivity index (χ4n) is 2.77.